The lowest BCUT2D eigenvalue weighted by Gasteiger charge is -2.26. The predicted molar refractivity (Wildman–Crippen MR) is 62.0 cm³/mol. The van der Waals surface area contributed by atoms with Crippen LogP contribution in [0.2, 0.25) is 0 Å². The second-order valence-corrected chi connectivity index (χ2v) is 4.69. The van der Waals surface area contributed by atoms with Crippen LogP contribution >= 0.6 is 0 Å². The molecule has 1 rings (SSSR count). The van der Waals surface area contributed by atoms with Crippen molar-refractivity contribution in [2.45, 2.75) is 51.3 Å². The van der Waals surface area contributed by atoms with E-state index in [0.717, 1.165) is 18.4 Å². The number of aliphatic hydroxyl groups is 1. The molecule has 2 atom stereocenters. The van der Waals surface area contributed by atoms with Gasteiger partial charge in [-0.3, -0.25) is 10.1 Å². The van der Waals surface area contributed by atoms with E-state index in [1.165, 1.54) is 0 Å². The van der Waals surface area contributed by atoms with Crippen molar-refractivity contribution in [1.29, 1.82) is 0 Å². The van der Waals surface area contributed by atoms with Gasteiger partial charge in [-0.1, -0.05) is 6.58 Å². The Morgan fingerprint density at radius 3 is 2.56 bits per heavy atom. The molecule has 0 saturated carbocycles. The van der Waals surface area contributed by atoms with Crippen LogP contribution in [0.4, 0.5) is 0 Å². The molecule has 0 amide bonds. The number of nitrogens with one attached hydrogen (secondary N) is 1. The average Bonchev–Trinajstić information content (AvgIpc) is 2.64. The minimum Gasteiger partial charge on any atom is -0.465 e. The van der Waals surface area contributed by atoms with Gasteiger partial charge in [-0.05, 0) is 39.2 Å². The third kappa shape index (κ3) is 3.06. The first-order chi connectivity index (χ1) is 7.36. The fourth-order valence-electron chi connectivity index (χ4n) is 1.87. The second kappa shape index (κ2) is 4.97. The molecule has 1 fully saturated rings. The van der Waals surface area contributed by atoms with Gasteiger partial charge in [-0.25, -0.2) is 0 Å². The van der Waals surface area contributed by atoms with Crippen LogP contribution in [0.5, 0.6) is 0 Å². The molecule has 0 aromatic heterocycles. The molecule has 0 radical (unpaired) electrons. The molecule has 2 N–H and O–H groups in total. The van der Waals surface area contributed by atoms with E-state index in [1.54, 1.807) is 20.8 Å². The molecule has 0 spiro atoms. The zero-order chi connectivity index (χ0) is 12.3. The number of carbonyl (C=O) groups excluding carboxylic acids is 1. The van der Waals surface area contributed by atoms with E-state index in [-0.39, 0.29) is 18.1 Å². The molecule has 2 unspecified atom stereocenters. The molecule has 0 aromatic rings. The SMILES string of the molecule is C=C(C1CCC(C(=O)OCC)N1)C(C)(C)O. The van der Waals surface area contributed by atoms with Gasteiger partial charge in [-0.2, -0.15) is 0 Å². The summed E-state index contributed by atoms with van der Waals surface area (Å²) in [6.07, 6.45) is 1.55. The van der Waals surface area contributed by atoms with Crippen molar-refractivity contribution in [2.24, 2.45) is 0 Å². The summed E-state index contributed by atoms with van der Waals surface area (Å²) in [5.74, 6) is -0.214. The van der Waals surface area contributed by atoms with Crippen molar-refractivity contribution in [3.05, 3.63) is 12.2 Å². The van der Waals surface area contributed by atoms with Crippen molar-refractivity contribution >= 4 is 5.97 Å². The zero-order valence-electron chi connectivity index (χ0n) is 10.2. The molecular formula is C12H21NO3. The summed E-state index contributed by atoms with van der Waals surface area (Å²) in [5.41, 5.74) is -0.194. The van der Waals surface area contributed by atoms with Gasteiger partial charge in [-0.15, -0.1) is 0 Å². The van der Waals surface area contributed by atoms with Crippen LogP contribution in [0.1, 0.15) is 33.6 Å². The lowest BCUT2D eigenvalue weighted by atomic mass is 9.92. The van der Waals surface area contributed by atoms with Crippen molar-refractivity contribution < 1.29 is 14.6 Å². The van der Waals surface area contributed by atoms with Gasteiger partial charge >= 0.3 is 5.97 Å². The highest BCUT2D eigenvalue weighted by molar-refractivity contribution is 5.76. The Hall–Kier alpha value is -0.870. The Labute approximate surface area is 96.7 Å². The second-order valence-electron chi connectivity index (χ2n) is 4.69. The summed E-state index contributed by atoms with van der Waals surface area (Å²) in [5, 5.41) is 13.0. The largest absolute Gasteiger partial charge is 0.465 e. The van der Waals surface area contributed by atoms with Crippen molar-refractivity contribution in [3.8, 4) is 0 Å². The van der Waals surface area contributed by atoms with Gasteiger partial charge in [0.15, 0.2) is 0 Å². The smallest absolute Gasteiger partial charge is 0.323 e. The molecule has 16 heavy (non-hydrogen) atoms. The van der Waals surface area contributed by atoms with E-state index in [1.807, 2.05) is 0 Å². The summed E-state index contributed by atoms with van der Waals surface area (Å²) in [6, 6.07) is -0.265. The van der Waals surface area contributed by atoms with E-state index in [4.69, 9.17) is 4.74 Å². The van der Waals surface area contributed by atoms with Crippen LogP contribution in [-0.2, 0) is 9.53 Å². The predicted octanol–water partition coefficient (Wildman–Crippen LogP) is 0.997. The molecule has 92 valence electrons. The topological polar surface area (TPSA) is 58.6 Å². The van der Waals surface area contributed by atoms with Crippen LogP contribution in [0.15, 0.2) is 12.2 Å². The van der Waals surface area contributed by atoms with Crippen molar-refractivity contribution in [1.82, 2.24) is 5.32 Å². The molecule has 0 aromatic carbocycles. The first-order valence-electron chi connectivity index (χ1n) is 5.70. The van der Waals surface area contributed by atoms with Crippen LogP contribution in [-0.4, -0.2) is 35.4 Å². The molecule has 1 aliphatic rings. The van der Waals surface area contributed by atoms with Crippen LogP contribution < -0.4 is 5.32 Å². The molecule has 0 bridgehead atoms. The molecule has 4 nitrogen and oxygen atoms in total. The number of ether oxygens (including phenoxy) is 1. The highest BCUT2D eigenvalue weighted by Gasteiger charge is 2.35. The van der Waals surface area contributed by atoms with E-state index < -0.39 is 5.60 Å². The zero-order valence-corrected chi connectivity index (χ0v) is 10.2. The number of esters is 1. The van der Waals surface area contributed by atoms with Gasteiger partial charge in [0.25, 0.3) is 0 Å². The fraction of sp³-hybridized carbons (Fsp3) is 0.750. The fourth-order valence-corrected chi connectivity index (χ4v) is 1.87. The van der Waals surface area contributed by atoms with E-state index in [0.29, 0.717) is 6.61 Å². The quantitative estimate of drug-likeness (QED) is 0.555. The maximum atomic E-state index is 11.5. The molecular weight excluding hydrogens is 206 g/mol. The monoisotopic (exact) mass is 227 g/mol. The average molecular weight is 227 g/mol. The van der Waals surface area contributed by atoms with Gasteiger partial charge in [0, 0.05) is 6.04 Å². The molecule has 1 saturated heterocycles. The first kappa shape index (κ1) is 13.2. The lowest BCUT2D eigenvalue weighted by molar-refractivity contribution is -0.145. The standard InChI is InChI=1S/C12H21NO3/c1-5-16-11(14)10-7-6-9(13-10)8(2)12(3,4)15/h9-10,13,15H,2,5-7H2,1,3-4H3. The Morgan fingerprint density at radius 2 is 2.06 bits per heavy atom. The summed E-state index contributed by atoms with van der Waals surface area (Å²) in [4.78, 5) is 11.5. The van der Waals surface area contributed by atoms with Crippen molar-refractivity contribution in [2.75, 3.05) is 6.61 Å². The number of rotatable bonds is 4. The van der Waals surface area contributed by atoms with Gasteiger partial charge in [0.2, 0.25) is 0 Å². The van der Waals surface area contributed by atoms with E-state index >= 15 is 0 Å². The maximum absolute atomic E-state index is 11.5. The summed E-state index contributed by atoms with van der Waals surface area (Å²) >= 11 is 0. The Balaban J connectivity index is 2.53. The summed E-state index contributed by atoms with van der Waals surface area (Å²) in [7, 11) is 0. The number of carbonyl (C=O) groups is 1. The highest BCUT2D eigenvalue weighted by Crippen LogP contribution is 2.25. The van der Waals surface area contributed by atoms with Crippen LogP contribution in [0, 0.1) is 0 Å². The Kier molecular flexibility index (Phi) is 4.10. The minimum atomic E-state index is -0.915. The third-order valence-electron chi connectivity index (χ3n) is 2.92. The molecule has 4 heteroatoms. The normalized spacial score (nSPS) is 25.5. The van der Waals surface area contributed by atoms with Crippen molar-refractivity contribution in [3.63, 3.8) is 0 Å². The minimum absolute atomic E-state index is 0.00518. The Bertz CT molecular complexity index is 280. The summed E-state index contributed by atoms with van der Waals surface area (Å²) in [6.45, 7) is 9.48. The Morgan fingerprint density at radius 1 is 1.50 bits per heavy atom. The lowest BCUT2D eigenvalue weighted by Crippen LogP contribution is -2.41. The molecule has 1 aliphatic heterocycles. The number of hydrogen-bond acceptors (Lipinski definition) is 4. The van der Waals surface area contributed by atoms with Crippen LogP contribution in [0.3, 0.4) is 0 Å². The number of hydrogen-bond donors (Lipinski definition) is 2. The van der Waals surface area contributed by atoms with Gasteiger partial charge in [0.05, 0.1) is 12.2 Å². The molecule has 1 heterocycles. The van der Waals surface area contributed by atoms with Gasteiger partial charge in [0.1, 0.15) is 6.04 Å². The first-order valence-corrected chi connectivity index (χ1v) is 5.70. The van der Waals surface area contributed by atoms with Crippen LogP contribution in [0.25, 0.3) is 0 Å². The van der Waals surface area contributed by atoms with Gasteiger partial charge < -0.3 is 9.84 Å². The maximum Gasteiger partial charge on any atom is 0.323 e. The van der Waals surface area contributed by atoms with E-state index in [2.05, 4.69) is 11.9 Å². The highest BCUT2D eigenvalue weighted by atomic mass is 16.5. The summed E-state index contributed by atoms with van der Waals surface area (Å²) < 4.78 is 4.95. The molecule has 0 aliphatic carbocycles. The van der Waals surface area contributed by atoms with E-state index in [9.17, 15) is 9.90 Å². The third-order valence-corrected chi connectivity index (χ3v) is 2.92.